The Morgan fingerprint density at radius 2 is 1.81 bits per heavy atom. The molecule has 3 amide bonds. The maximum Gasteiger partial charge on any atom is 0.265 e. The highest BCUT2D eigenvalue weighted by atomic mass is 16.5. The number of rotatable bonds is 6. The Hall–Kier alpha value is -3.55. The lowest BCUT2D eigenvalue weighted by molar-refractivity contribution is -0.132. The van der Waals surface area contributed by atoms with Crippen molar-refractivity contribution in [2.24, 2.45) is 0 Å². The van der Waals surface area contributed by atoms with Crippen LogP contribution >= 0.6 is 0 Å². The lowest BCUT2D eigenvalue weighted by Gasteiger charge is -2.33. The number of ether oxygens (including phenoxy) is 2. The summed E-state index contributed by atoms with van der Waals surface area (Å²) in [5.74, 6) is 0.718. The van der Waals surface area contributed by atoms with Crippen molar-refractivity contribution >= 4 is 29.1 Å². The standard InChI is InChI=1S/C24H27N3O5/c1-31-19-8-5-17(6-9-19)13-22(28)25-18-7-10-21-20(14-18)27(24(30)16-32-21)15-23(29)26-11-3-2-4-12-26/h5-10,14H,2-4,11-13,15-16H2,1H3,(H,25,28). The molecule has 2 aromatic carbocycles. The maximum atomic E-state index is 12.7. The number of carbonyl (C=O) groups excluding carboxylic acids is 3. The molecule has 1 N–H and O–H groups in total. The molecule has 168 valence electrons. The van der Waals surface area contributed by atoms with E-state index in [1.54, 1.807) is 25.3 Å². The predicted octanol–water partition coefficient (Wildman–Crippen LogP) is 2.61. The summed E-state index contributed by atoms with van der Waals surface area (Å²) in [6.45, 7) is 1.32. The van der Waals surface area contributed by atoms with Crippen LogP contribution in [0.15, 0.2) is 42.5 Å². The minimum absolute atomic E-state index is 0.0293. The van der Waals surface area contributed by atoms with E-state index in [1.807, 2.05) is 29.2 Å². The summed E-state index contributed by atoms with van der Waals surface area (Å²) < 4.78 is 10.7. The van der Waals surface area contributed by atoms with Gasteiger partial charge in [0.15, 0.2) is 6.61 Å². The van der Waals surface area contributed by atoms with E-state index in [0.29, 0.717) is 17.1 Å². The van der Waals surface area contributed by atoms with Crippen LogP contribution in [0.2, 0.25) is 0 Å². The number of hydrogen-bond donors (Lipinski definition) is 1. The third-order valence-electron chi connectivity index (χ3n) is 5.71. The van der Waals surface area contributed by atoms with Gasteiger partial charge in [0.05, 0.1) is 19.2 Å². The fraction of sp³-hybridized carbons (Fsp3) is 0.375. The van der Waals surface area contributed by atoms with Gasteiger partial charge < -0.3 is 19.7 Å². The van der Waals surface area contributed by atoms with E-state index in [9.17, 15) is 14.4 Å². The fourth-order valence-electron chi connectivity index (χ4n) is 3.97. The first kappa shape index (κ1) is 21.7. The van der Waals surface area contributed by atoms with Crippen molar-refractivity contribution < 1.29 is 23.9 Å². The molecule has 0 spiro atoms. The molecule has 1 saturated heterocycles. The second-order valence-corrected chi connectivity index (χ2v) is 7.97. The summed E-state index contributed by atoms with van der Waals surface area (Å²) in [6, 6.07) is 12.4. The van der Waals surface area contributed by atoms with Crippen LogP contribution in [0.1, 0.15) is 24.8 Å². The molecule has 0 unspecified atom stereocenters. The second-order valence-electron chi connectivity index (χ2n) is 7.97. The molecule has 32 heavy (non-hydrogen) atoms. The summed E-state index contributed by atoms with van der Waals surface area (Å²) in [4.78, 5) is 41.1. The maximum absolute atomic E-state index is 12.7. The number of methoxy groups -OCH3 is 1. The Morgan fingerprint density at radius 1 is 1.06 bits per heavy atom. The number of likely N-dealkylation sites (tertiary alicyclic amines) is 1. The lowest BCUT2D eigenvalue weighted by Crippen LogP contribution is -2.47. The number of anilines is 2. The quantitative estimate of drug-likeness (QED) is 0.751. The number of carbonyl (C=O) groups is 3. The lowest BCUT2D eigenvalue weighted by atomic mass is 10.1. The zero-order valence-corrected chi connectivity index (χ0v) is 18.1. The molecular formula is C24H27N3O5. The first-order valence-corrected chi connectivity index (χ1v) is 10.8. The van der Waals surface area contributed by atoms with Gasteiger partial charge in [0.25, 0.3) is 5.91 Å². The molecule has 8 heteroatoms. The summed E-state index contributed by atoms with van der Waals surface area (Å²) in [7, 11) is 1.59. The number of nitrogens with zero attached hydrogens (tertiary/aromatic N) is 2. The van der Waals surface area contributed by atoms with E-state index >= 15 is 0 Å². The Labute approximate surface area is 187 Å². The molecule has 0 aromatic heterocycles. The van der Waals surface area contributed by atoms with E-state index < -0.39 is 0 Å². The van der Waals surface area contributed by atoms with Gasteiger partial charge in [0, 0.05) is 18.8 Å². The summed E-state index contributed by atoms with van der Waals surface area (Å²) in [6.07, 6.45) is 3.31. The monoisotopic (exact) mass is 437 g/mol. The molecule has 2 aromatic rings. The van der Waals surface area contributed by atoms with Crippen LogP contribution in [0.25, 0.3) is 0 Å². The largest absolute Gasteiger partial charge is 0.497 e. The third kappa shape index (κ3) is 5.01. The molecular weight excluding hydrogens is 410 g/mol. The van der Waals surface area contributed by atoms with Gasteiger partial charge in [-0.25, -0.2) is 0 Å². The Balaban J connectivity index is 1.45. The van der Waals surface area contributed by atoms with Crippen LogP contribution in [0.5, 0.6) is 11.5 Å². The highest BCUT2D eigenvalue weighted by molar-refractivity contribution is 6.03. The zero-order valence-electron chi connectivity index (χ0n) is 18.1. The van der Waals surface area contributed by atoms with E-state index in [2.05, 4.69) is 5.32 Å². The Bertz CT molecular complexity index is 999. The predicted molar refractivity (Wildman–Crippen MR) is 120 cm³/mol. The van der Waals surface area contributed by atoms with E-state index in [1.165, 1.54) is 4.90 Å². The number of benzene rings is 2. The molecule has 0 saturated carbocycles. The molecule has 0 bridgehead atoms. The number of hydrogen-bond acceptors (Lipinski definition) is 5. The van der Waals surface area contributed by atoms with Crippen molar-refractivity contribution in [3.63, 3.8) is 0 Å². The number of fused-ring (bicyclic) bond motifs is 1. The van der Waals surface area contributed by atoms with Crippen LogP contribution in [-0.4, -0.2) is 56.0 Å². The van der Waals surface area contributed by atoms with Gasteiger partial charge in [0.1, 0.15) is 18.0 Å². The first-order chi connectivity index (χ1) is 15.5. The van der Waals surface area contributed by atoms with Crippen molar-refractivity contribution in [1.29, 1.82) is 0 Å². The number of amides is 3. The SMILES string of the molecule is COc1ccc(CC(=O)Nc2ccc3c(c2)N(CC(=O)N2CCCCC2)C(=O)CO3)cc1. The molecule has 2 heterocycles. The second kappa shape index (κ2) is 9.72. The van der Waals surface area contributed by atoms with Gasteiger partial charge in [-0.3, -0.25) is 19.3 Å². The summed E-state index contributed by atoms with van der Waals surface area (Å²) >= 11 is 0. The van der Waals surface area contributed by atoms with Crippen LogP contribution in [0.4, 0.5) is 11.4 Å². The van der Waals surface area contributed by atoms with Gasteiger partial charge in [-0.2, -0.15) is 0 Å². The van der Waals surface area contributed by atoms with E-state index in [0.717, 1.165) is 43.7 Å². The average molecular weight is 437 g/mol. The normalized spacial score (nSPS) is 15.6. The van der Waals surface area contributed by atoms with Gasteiger partial charge in [-0.15, -0.1) is 0 Å². The average Bonchev–Trinajstić information content (AvgIpc) is 2.82. The number of piperidine rings is 1. The van der Waals surface area contributed by atoms with Gasteiger partial charge in [-0.1, -0.05) is 12.1 Å². The van der Waals surface area contributed by atoms with Crippen LogP contribution in [0, 0.1) is 0 Å². The van der Waals surface area contributed by atoms with Gasteiger partial charge in [-0.05, 0) is 55.2 Å². The van der Waals surface area contributed by atoms with Crippen molar-refractivity contribution in [1.82, 2.24) is 4.90 Å². The molecule has 0 atom stereocenters. The summed E-state index contributed by atoms with van der Waals surface area (Å²) in [5.41, 5.74) is 1.89. The molecule has 0 aliphatic carbocycles. The van der Waals surface area contributed by atoms with Crippen molar-refractivity contribution in [3.8, 4) is 11.5 Å². The van der Waals surface area contributed by atoms with Crippen LogP contribution in [0.3, 0.4) is 0 Å². The minimum Gasteiger partial charge on any atom is -0.497 e. The Kier molecular flexibility index (Phi) is 6.58. The molecule has 4 rings (SSSR count). The van der Waals surface area contributed by atoms with Gasteiger partial charge >= 0.3 is 0 Å². The molecule has 8 nitrogen and oxygen atoms in total. The Morgan fingerprint density at radius 3 is 2.53 bits per heavy atom. The van der Waals surface area contributed by atoms with Gasteiger partial charge in [0.2, 0.25) is 11.8 Å². The van der Waals surface area contributed by atoms with E-state index in [-0.39, 0.29) is 37.3 Å². The van der Waals surface area contributed by atoms with E-state index in [4.69, 9.17) is 9.47 Å². The van der Waals surface area contributed by atoms with Crippen molar-refractivity contribution in [3.05, 3.63) is 48.0 Å². The smallest absolute Gasteiger partial charge is 0.265 e. The van der Waals surface area contributed by atoms with Crippen LogP contribution < -0.4 is 19.7 Å². The zero-order chi connectivity index (χ0) is 22.5. The topological polar surface area (TPSA) is 88.2 Å². The minimum atomic E-state index is -0.274. The number of nitrogens with one attached hydrogen (secondary N) is 1. The highest BCUT2D eigenvalue weighted by Crippen LogP contribution is 2.34. The van der Waals surface area contributed by atoms with Crippen LogP contribution in [-0.2, 0) is 20.8 Å². The molecule has 0 radical (unpaired) electrons. The first-order valence-electron chi connectivity index (χ1n) is 10.8. The van der Waals surface area contributed by atoms with Crippen molar-refractivity contribution in [2.75, 3.05) is 43.6 Å². The highest BCUT2D eigenvalue weighted by Gasteiger charge is 2.29. The molecule has 2 aliphatic rings. The fourth-order valence-corrected chi connectivity index (χ4v) is 3.97. The molecule has 1 fully saturated rings. The third-order valence-corrected chi connectivity index (χ3v) is 5.71. The van der Waals surface area contributed by atoms with Crippen molar-refractivity contribution in [2.45, 2.75) is 25.7 Å². The summed E-state index contributed by atoms with van der Waals surface area (Å²) in [5, 5.41) is 2.86. The molecule has 2 aliphatic heterocycles.